The van der Waals surface area contributed by atoms with Crippen LogP contribution in [0.4, 0.5) is 4.39 Å². The average Bonchev–Trinajstić information content (AvgIpc) is 2.61. The van der Waals surface area contributed by atoms with Crippen LogP contribution in [0, 0.1) is 5.82 Å². The van der Waals surface area contributed by atoms with E-state index < -0.39 is 22.2 Å². The van der Waals surface area contributed by atoms with Crippen molar-refractivity contribution >= 4 is 21.7 Å². The molecule has 0 aromatic heterocycles. The normalized spacial score (nSPS) is 16.8. The second-order valence-electron chi connectivity index (χ2n) is 5.52. The molecule has 1 amide bonds. The molecular formula is C16H20FN3O4S. The van der Waals surface area contributed by atoms with Crippen LogP contribution in [0.15, 0.2) is 43.0 Å². The Morgan fingerprint density at radius 1 is 1.40 bits per heavy atom. The molecule has 0 bridgehead atoms. The third-order valence-corrected chi connectivity index (χ3v) is 5.44. The zero-order valence-corrected chi connectivity index (χ0v) is 14.3. The second kappa shape index (κ2) is 8.34. The SMILES string of the molecule is C=CC[C@@H](NS(=O)(=O)N1CC=C(c2ccc(F)cc2)CC1)C(=O)NO. The predicted octanol–water partition coefficient (Wildman–Crippen LogP) is 1.20. The van der Waals surface area contributed by atoms with Crippen molar-refractivity contribution in [1.29, 1.82) is 0 Å². The van der Waals surface area contributed by atoms with Gasteiger partial charge in [0.15, 0.2) is 0 Å². The number of hydroxylamine groups is 1. The van der Waals surface area contributed by atoms with Crippen LogP contribution in [0.1, 0.15) is 18.4 Å². The molecule has 1 atom stereocenters. The number of carbonyl (C=O) groups excluding carboxylic acids is 1. The molecule has 1 aromatic carbocycles. The maximum Gasteiger partial charge on any atom is 0.280 e. The molecule has 25 heavy (non-hydrogen) atoms. The molecule has 1 aliphatic rings. The van der Waals surface area contributed by atoms with Crippen molar-refractivity contribution in [3.05, 3.63) is 54.4 Å². The van der Waals surface area contributed by atoms with E-state index >= 15 is 0 Å². The number of carbonyl (C=O) groups is 1. The van der Waals surface area contributed by atoms with E-state index in [1.54, 1.807) is 18.2 Å². The van der Waals surface area contributed by atoms with Crippen molar-refractivity contribution in [2.75, 3.05) is 13.1 Å². The Labute approximate surface area is 146 Å². The van der Waals surface area contributed by atoms with Gasteiger partial charge in [0.2, 0.25) is 0 Å². The van der Waals surface area contributed by atoms with Gasteiger partial charge in [-0.05, 0) is 36.1 Å². The summed E-state index contributed by atoms with van der Waals surface area (Å²) in [5.74, 6) is -1.19. The predicted molar refractivity (Wildman–Crippen MR) is 91.2 cm³/mol. The number of nitrogens with zero attached hydrogens (tertiary/aromatic N) is 1. The van der Waals surface area contributed by atoms with Crippen LogP contribution in [0.3, 0.4) is 0 Å². The average molecular weight is 369 g/mol. The van der Waals surface area contributed by atoms with Crippen molar-refractivity contribution in [2.45, 2.75) is 18.9 Å². The molecule has 9 heteroatoms. The molecule has 2 rings (SSSR count). The summed E-state index contributed by atoms with van der Waals surface area (Å²) in [5.41, 5.74) is 3.21. The first-order valence-electron chi connectivity index (χ1n) is 7.64. The minimum absolute atomic E-state index is 0.0378. The number of nitrogens with one attached hydrogen (secondary N) is 2. The third kappa shape index (κ3) is 4.95. The maximum atomic E-state index is 13.0. The van der Waals surface area contributed by atoms with Gasteiger partial charge in [0.05, 0.1) is 0 Å². The third-order valence-electron chi connectivity index (χ3n) is 3.85. The zero-order chi connectivity index (χ0) is 18.4. The van der Waals surface area contributed by atoms with Gasteiger partial charge in [0, 0.05) is 13.1 Å². The lowest BCUT2D eigenvalue weighted by Crippen LogP contribution is -2.51. The molecule has 7 nitrogen and oxygen atoms in total. The summed E-state index contributed by atoms with van der Waals surface area (Å²) in [6, 6.07) is 4.86. The lowest BCUT2D eigenvalue weighted by molar-refractivity contribution is -0.130. The van der Waals surface area contributed by atoms with Crippen molar-refractivity contribution in [3.63, 3.8) is 0 Å². The Bertz CT molecular complexity index is 762. The highest BCUT2D eigenvalue weighted by atomic mass is 32.2. The van der Waals surface area contributed by atoms with Gasteiger partial charge in [-0.25, -0.2) is 9.87 Å². The largest absolute Gasteiger partial charge is 0.289 e. The standard InChI is InChI=1S/C16H20FN3O4S/c1-2-3-15(16(21)18-22)19-25(23,24)20-10-8-13(9-11-20)12-4-6-14(17)7-5-12/h2,4-8,15,19,22H,1,3,9-11H2,(H,18,21)/t15-/m1/s1. The van der Waals surface area contributed by atoms with E-state index in [1.165, 1.54) is 28.0 Å². The monoisotopic (exact) mass is 369 g/mol. The fourth-order valence-electron chi connectivity index (χ4n) is 2.50. The highest BCUT2D eigenvalue weighted by Gasteiger charge is 2.29. The molecule has 1 heterocycles. The molecule has 0 aliphatic carbocycles. The second-order valence-corrected chi connectivity index (χ2v) is 7.22. The van der Waals surface area contributed by atoms with Gasteiger partial charge < -0.3 is 0 Å². The molecule has 1 aromatic rings. The molecule has 136 valence electrons. The molecule has 1 aliphatic heterocycles. The fraction of sp³-hybridized carbons (Fsp3) is 0.312. The first-order valence-corrected chi connectivity index (χ1v) is 9.08. The van der Waals surface area contributed by atoms with Gasteiger partial charge >= 0.3 is 0 Å². The minimum atomic E-state index is -3.91. The van der Waals surface area contributed by atoms with Crippen LogP contribution < -0.4 is 10.2 Å². The summed E-state index contributed by atoms with van der Waals surface area (Å²) in [5, 5.41) is 8.70. The van der Waals surface area contributed by atoms with Gasteiger partial charge in [0.25, 0.3) is 16.1 Å². The minimum Gasteiger partial charge on any atom is -0.289 e. The number of halogens is 1. The lowest BCUT2D eigenvalue weighted by atomic mass is 10.0. The number of hydrogen-bond acceptors (Lipinski definition) is 4. The first-order chi connectivity index (χ1) is 11.9. The van der Waals surface area contributed by atoms with E-state index in [0.29, 0.717) is 6.42 Å². The van der Waals surface area contributed by atoms with Gasteiger partial charge in [-0.2, -0.15) is 17.4 Å². The summed E-state index contributed by atoms with van der Waals surface area (Å²) in [4.78, 5) is 11.5. The quantitative estimate of drug-likeness (QED) is 0.382. The number of hydrogen-bond donors (Lipinski definition) is 3. The molecule has 0 saturated heterocycles. The topological polar surface area (TPSA) is 98.7 Å². The van der Waals surface area contributed by atoms with Gasteiger partial charge in [-0.3, -0.25) is 10.0 Å². The summed E-state index contributed by atoms with van der Waals surface area (Å²) in [7, 11) is -3.91. The summed E-state index contributed by atoms with van der Waals surface area (Å²) < 4.78 is 41.3. The molecule has 0 unspecified atom stereocenters. The maximum absolute atomic E-state index is 13.0. The van der Waals surface area contributed by atoms with Crippen LogP contribution in [0.5, 0.6) is 0 Å². The van der Waals surface area contributed by atoms with E-state index in [4.69, 9.17) is 5.21 Å². The highest BCUT2D eigenvalue weighted by molar-refractivity contribution is 7.87. The van der Waals surface area contributed by atoms with Crippen LogP contribution in [-0.2, 0) is 15.0 Å². The fourth-order valence-corrected chi connectivity index (χ4v) is 3.82. The molecule has 0 radical (unpaired) electrons. The van der Waals surface area contributed by atoms with Crippen molar-refractivity contribution in [2.24, 2.45) is 0 Å². The van der Waals surface area contributed by atoms with Crippen molar-refractivity contribution in [3.8, 4) is 0 Å². The zero-order valence-electron chi connectivity index (χ0n) is 13.5. The van der Waals surface area contributed by atoms with E-state index in [-0.39, 0.29) is 25.3 Å². The summed E-state index contributed by atoms with van der Waals surface area (Å²) in [6.45, 7) is 3.81. The van der Waals surface area contributed by atoms with E-state index in [1.807, 2.05) is 0 Å². The van der Waals surface area contributed by atoms with E-state index in [0.717, 1.165) is 11.1 Å². The molecule has 0 saturated carbocycles. The number of rotatable bonds is 7. The van der Waals surface area contributed by atoms with Gasteiger partial charge in [0.1, 0.15) is 11.9 Å². The lowest BCUT2D eigenvalue weighted by Gasteiger charge is -2.27. The Hall–Kier alpha value is -2.07. The van der Waals surface area contributed by atoms with Gasteiger partial charge in [-0.15, -0.1) is 6.58 Å². The Balaban J connectivity index is 2.08. The van der Waals surface area contributed by atoms with Crippen LogP contribution in [0.2, 0.25) is 0 Å². The summed E-state index contributed by atoms with van der Waals surface area (Å²) >= 11 is 0. The van der Waals surface area contributed by atoms with E-state index in [9.17, 15) is 17.6 Å². The van der Waals surface area contributed by atoms with Crippen molar-refractivity contribution < 1.29 is 22.8 Å². The van der Waals surface area contributed by atoms with Crippen LogP contribution in [0.25, 0.3) is 5.57 Å². The van der Waals surface area contributed by atoms with Crippen LogP contribution >= 0.6 is 0 Å². The van der Waals surface area contributed by atoms with Crippen molar-refractivity contribution in [1.82, 2.24) is 14.5 Å². The van der Waals surface area contributed by atoms with E-state index in [2.05, 4.69) is 11.3 Å². The number of amides is 1. The van der Waals surface area contributed by atoms with Crippen LogP contribution in [-0.4, -0.2) is 43.0 Å². The molecular weight excluding hydrogens is 349 g/mol. The smallest absolute Gasteiger partial charge is 0.280 e. The molecule has 0 spiro atoms. The highest BCUT2D eigenvalue weighted by Crippen LogP contribution is 2.23. The first kappa shape index (κ1) is 19.3. The number of benzene rings is 1. The Morgan fingerprint density at radius 3 is 2.60 bits per heavy atom. The van der Waals surface area contributed by atoms with Gasteiger partial charge in [-0.1, -0.05) is 24.3 Å². The Kier molecular flexibility index (Phi) is 6.43. The summed E-state index contributed by atoms with van der Waals surface area (Å²) in [6.07, 6.45) is 3.64. The molecule has 3 N–H and O–H groups in total. The Morgan fingerprint density at radius 2 is 2.08 bits per heavy atom. The molecule has 0 fully saturated rings.